The number of piperidine rings is 1. The van der Waals surface area contributed by atoms with Gasteiger partial charge in [-0.2, -0.15) is 0 Å². The fraction of sp³-hybridized carbons (Fsp3) is 0.500. The molecule has 0 saturated carbocycles. The van der Waals surface area contributed by atoms with Gasteiger partial charge in [-0.25, -0.2) is 4.39 Å². The van der Waals surface area contributed by atoms with E-state index in [0.717, 1.165) is 31.5 Å². The lowest BCUT2D eigenvalue weighted by atomic mass is 9.96. The number of primary amides is 1. The van der Waals surface area contributed by atoms with Crippen LogP contribution < -0.4 is 10.5 Å². The first-order valence-electron chi connectivity index (χ1n) is 6.44. The number of likely N-dealkylation sites (tertiary alicyclic amines) is 1. The monoisotopic (exact) mass is 266 g/mol. The zero-order valence-corrected chi connectivity index (χ0v) is 11.1. The highest BCUT2D eigenvalue weighted by Crippen LogP contribution is 2.24. The van der Waals surface area contributed by atoms with Gasteiger partial charge in [-0.05, 0) is 44.1 Å². The lowest BCUT2D eigenvalue weighted by Crippen LogP contribution is -2.38. The minimum Gasteiger partial charge on any atom is -0.496 e. The second-order valence-electron chi connectivity index (χ2n) is 4.91. The summed E-state index contributed by atoms with van der Waals surface area (Å²) in [6, 6.07) is 4.53. The van der Waals surface area contributed by atoms with Crippen molar-refractivity contribution in [3.8, 4) is 5.75 Å². The fourth-order valence-corrected chi connectivity index (χ4v) is 2.49. The third-order valence-corrected chi connectivity index (χ3v) is 3.63. The van der Waals surface area contributed by atoms with Gasteiger partial charge in [-0.3, -0.25) is 9.69 Å². The molecule has 0 aliphatic carbocycles. The Morgan fingerprint density at radius 2 is 2.16 bits per heavy atom. The van der Waals surface area contributed by atoms with Crippen LogP contribution in [0.3, 0.4) is 0 Å². The molecule has 1 heterocycles. The summed E-state index contributed by atoms with van der Waals surface area (Å²) in [6.07, 6.45) is 1.54. The molecule has 2 rings (SSSR count). The van der Waals surface area contributed by atoms with E-state index < -0.39 is 0 Å². The van der Waals surface area contributed by atoms with Gasteiger partial charge in [0.1, 0.15) is 11.6 Å². The van der Waals surface area contributed by atoms with Gasteiger partial charge in [-0.1, -0.05) is 0 Å². The predicted octanol–water partition coefficient (Wildman–Crippen LogP) is 1.53. The van der Waals surface area contributed by atoms with Gasteiger partial charge in [-0.15, -0.1) is 0 Å². The molecule has 1 amide bonds. The van der Waals surface area contributed by atoms with E-state index in [-0.39, 0.29) is 17.6 Å². The van der Waals surface area contributed by atoms with Crippen LogP contribution in [0.1, 0.15) is 18.4 Å². The van der Waals surface area contributed by atoms with Crippen molar-refractivity contribution in [3.05, 3.63) is 29.6 Å². The maximum atomic E-state index is 13.3. The largest absolute Gasteiger partial charge is 0.496 e. The number of ether oxygens (including phenoxy) is 1. The Bertz CT molecular complexity index is 457. The molecule has 1 aromatic rings. The molecule has 19 heavy (non-hydrogen) atoms. The number of hydrogen-bond acceptors (Lipinski definition) is 3. The molecule has 0 unspecified atom stereocenters. The molecule has 0 aromatic heterocycles. The molecule has 2 N–H and O–H groups in total. The van der Waals surface area contributed by atoms with Crippen molar-refractivity contribution >= 4 is 5.91 Å². The molecule has 104 valence electrons. The summed E-state index contributed by atoms with van der Waals surface area (Å²) in [6.45, 7) is 2.23. The second-order valence-corrected chi connectivity index (χ2v) is 4.91. The van der Waals surface area contributed by atoms with Crippen molar-refractivity contribution in [2.75, 3.05) is 20.2 Å². The number of benzene rings is 1. The van der Waals surface area contributed by atoms with Gasteiger partial charge in [0, 0.05) is 18.0 Å². The summed E-state index contributed by atoms with van der Waals surface area (Å²) >= 11 is 0. The SMILES string of the molecule is COc1ccc(F)cc1CN1CCC(C(N)=O)CC1. The molecule has 0 atom stereocenters. The highest BCUT2D eigenvalue weighted by molar-refractivity contribution is 5.76. The van der Waals surface area contributed by atoms with Crippen molar-refractivity contribution in [1.29, 1.82) is 0 Å². The van der Waals surface area contributed by atoms with Crippen LogP contribution in [0.4, 0.5) is 4.39 Å². The number of amides is 1. The van der Waals surface area contributed by atoms with E-state index in [0.29, 0.717) is 12.3 Å². The Morgan fingerprint density at radius 1 is 1.47 bits per heavy atom. The van der Waals surface area contributed by atoms with Crippen LogP contribution >= 0.6 is 0 Å². The minimum absolute atomic E-state index is 0.0225. The van der Waals surface area contributed by atoms with E-state index in [2.05, 4.69) is 4.90 Å². The standard InChI is InChI=1S/C14H19FN2O2/c1-19-13-3-2-12(15)8-11(13)9-17-6-4-10(5-7-17)14(16)18/h2-3,8,10H,4-7,9H2,1H3,(H2,16,18). The molecule has 0 bridgehead atoms. The first-order chi connectivity index (χ1) is 9.10. The van der Waals surface area contributed by atoms with Crippen molar-refractivity contribution in [3.63, 3.8) is 0 Å². The van der Waals surface area contributed by atoms with Crippen LogP contribution in [0.2, 0.25) is 0 Å². The zero-order chi connectivity index (χ0) is 13.8. The number of hydrogen-bond donors (Lipinski definition) is 1. The highest BCUT2D eigenvalue weighted by atomic mass is 19.1. The Labute approximate surface area is 112 Å². The summed E-state index contributed by atoms with van der Waals surface area (Å²) < 4.78 is 18.5. The fourth-order valence-electron chi connectivity index (χ4n) is 2.49. The first-order valence-corrected chi connectivity index (χ1v) is 6.44. The molecular weight excluding hydrogens is 247 g/mol. The third kappa shape index (κ3) is 3.44. The minimum atomic E-state index is -0.261. The second kappa shape index (κ2) is 6.02. The molecule has 1 saturated heterocycles. The molecule has 0 spiro atoms. The van der Waals surface area contributed by atoms with E-state index in [9.17, 15) is 9.18 Å². The third-order valence-electron chi connectivity index (χ3n) is 3.63. The number of carbonyl (C=O) groups excluding carboxylic acids is 1. The smallest absolute Gasteiger partial charge is 0.220 e. The van der Waals surface area contributed by atoms with Crippen LogP contribution in [0.5, 0.6) is 5.75 Å². The molecule has 5 heteroatoms. The van der Waals surface area contributed by atoms with E-state index in [1.165, 1.54) is 12.1 Å². The summed E-state index contributed by atoms with van der Waals surface area (Å²) in [4.78, 5) is 13.3. The molecule has 1 aliphatic rings. The van der Waals surface area contributed by atoms with Gasteiger partial charge >= 0.3 is 0 Å². The van der Waals surface area contributed by atoms with E-state index >= 15 is 0 Å². The van der Waals surface area contributed by atoms with Crippen molar-refractivity contribution in [2.24, 2.45) is 11.7 Å². The van der Waals surface area contributed by atoms with Gasteiger partial charge in [0.2, 0.25) is 5.91 Å². The first kappa shape index (κ1) is 13.8. The normalized spacial score (nSPS) is 17.4. The Kier molecular flexibility index (Phi) is 4.37. The molecule has 0 radical (unpaired) electrons. The molecular formula is C14H19FN2O2. The number of nitrogens with zero attached hydrogens (tertiary/aromatic N) is 1. The maximum Gasteiger partial charge on any atom is 0.220 e. The highest BCUT2D eigenvalue weighted by Gasteiger charge is 2.23. The van der Waals surface area contributed by atoms with Crippen LogP contribution in [0.25, 0.3) is 0 Å². The average molecular weight is 266 g/mol. The van der Waals surface area contributed by atoms with Gasteiger partial charge in [0.05, 0.1) is 7.11 Å². The van der Waals surface area contributed by atoms with Gasteiger partial charge in [0.15, 0.2) is 0 Å². The number of carbonyl (C=O) groups is 1. The summed E-state index contributed by atoms with van der Waals surface area (Å²) in [5.41, 5.74) is 6.14. The average Bonchev–Trinajstić information content (AvgIpc) is 2.39. The van der Waals surface area contributed by atoms with Crippen LogP contribution in [0, 0.1) is 11.7 Å². The predicted molar refractivity (Wildman–Crippen MR) is 70.1 cm³/mol. The van der Waals surface area contributed by atoms with Gasteiger partial charge < -0.3 is 10.5 Å². The molecule has 1 fully saturated rings. The Balaban J connectivity index is 1.99. The number of nitrogens with two attached hydrogens (primary N) is 1. The van der Waals surface area contributed by atoms with Crippen LogP contribution in [0.15, 0.2) is 18.2 Å². The summed E-state index contributed by atoms with van der Waals surface area (Å²) in [7, 11) is 1.58. The zero-order valence-electron chi connectivity index (χ0n) is 11.1. The number of rotatable bonds is 4. The number of halogens is 1. The summed E-state index contributed by atoms with van der Waals surface area (Å²) in [5.74, 6) is 0.190. The van der Waals surface area contributed by atoms with E-state index in [4.69, 9.17) is 10.5 Å². The Morgan fingerprint density at radius 3 is 2.74 bits per heavy atom. The maximum absolute atomic E-state index is 13.3. The van der Waals surface area contributed by atoms with E-state index in [1.807, 2.05) is 0 Å². The van der Waals surface area contributed by atoms with Gasteiger partial charge in [0.25, 0.3) is 0 Å². The molecule has 1 aromatic carbocycles. The summed E-state index contributed by atoms with van der Waals surface area (Å²) in [5, 5.41) is 0. The van der Waals surface area contributed by atoms with Crippen LogP contribution in [-0.2, 0) is 11.3 Å². The lowest BCUT2D eigenvalue weighted by Gasteiger charge is -2.30. The van der Waals surface area contributed by atoms with Crippen molar-refractivity contribution in [2.45, 2.75) is 19.4 Å². The topological polar surface area (TPSA) is 55.6 Å². The van der Waals surface area contributed by atoms with Crippen LogP contribution in [-0.4, -0.2) is 31.0 Å². The van der Waals surface area contributed by atoms with E-state index in [1.54, 1.807) is 13.2 Å². The molecule has 1 aliphatic heterocycles. The van der Waals surface area contributed by atoms with Crippen molar-refractivity contribution < 1.29 is 13.9 Å². The quantitative estimate of drug-likeness (QED) is 0.899. The molecule has 4 nitrogen and oxygen atoms in total. The Hall–Kier alpha value is -1.62. The lowest BCUT2D eigenvalue weighted by molar-refractivity contribution is -0.123. The number of methoxy groups -OCH3 is 1. The van der Waals surface area contributed by atoms with Crippen molar-refractivity contribution in [1.82, 2.24) is 4.90 Å².